The standard InChI is InChI=1S/C18H26FN3O/c1-22(2)12-14-9-13(3-4-16(14)19)11-21-17(23)15-10-18(15)5-7-20-8-6-18/h3-4,9,15,20H,5-8,10-12H2,1-2H3,(H,21,23). The summed E-state index contributed by atoms with van der Waals surface area (Å²) in [4.78, 5) is 14.3. The van der Waals surface area contributed by atoms with E-state index in [2.05, 4.69) is 10.6 Å². The maximum atomic E-state index is 13.8. The van der Waals surface area contributed by atoms with Crippen molar-refractivity contribution in [2.45, 2.75) is 32.4 Å². The number of amides is 1. The molecule has 2 fully saturated rings. The van der Waals surface area contributed by atoms with Gasteiger partial charge in [0, 0.05) is 24.6 Å². The molecule has 0 radical (unpaired) electrons. The van der Waals surface area contributed by atoms with E-state index < -0.39 is 0 Å². The molecule has 1 saturated carbocycles. The Hall–Kier alpha value is -1.46. The van der Waals surface area contributed by atoms with Gasteiger partial charge in [-0.05, 0) is 69.6 Å². The summed E-state index contributed by atoms with van der Waals surface area (Å²) < 4.78 is 13.8. The number of hydrogen-bond donors (Lipinski definition) is 2. The lowest BCUT2D eigenvalue weighted by atomic mass is 9.92. The van der Waals surface area contributed by atoms with E-state index in [-0.39, 0.29) is 23.1 Å². The molecule has 0 aromatic heterocycles. The Labute approximate surface area is 137 Å². The monoisotopic (exact) mass is 319 g/mol. The maximum absolute atomic E-state index is 13.8. The van der Waals surface area contributed by atoms with E-state index >= 15 is 0 Å². The Balaban J connectivity index is 1.55. The Morgan fingerprint density at radius 2 is 2.13 bits per heavy atom. The van der Waals surface area contributed by atoms with Gasteiger partial charge in [0.05, 0.1) is 0 Å². The molecule has 0 bridgehead atoms. The number of benzene rings is 1. The Morgan fingerprint density at radius 3 is 2.83 bits per heavy atom. The van der Waals surface area contributed by atoms with Crippen molar-refractivity contribution in [1.29, 1.82) is 0 Å². The van der Waals surface area contributed by atoms with Crippen LogP contribution in [-0.2, 0) is 17.9 Å². The number of nitrogens with one attached hydrogen (secondary N) is 2. The van der Waals surface area contributed by atoms with Crippen LogP contribution in [0.1, 0.15) is 30.4 Å². The zero-order valence-corrected chi connectivity index (χ0v) is 14.0. The van der Waals surface area contributed by atoms with Gasteiger partial charge in [-0.3, -0.25) is 4.79 Å². The Morgan fingerprint density at radius 1 is 1.39 bits per heavy atom. The lowest BCUT2D eigenvalue weighted by Crippen LogP contribution is -2.33. The second-order valence-electron chi connectivity index (χ2n) is 7.25. The average molecular weight is 319 g/mol. The molecule has 1 amide bonds. The van der Waals surface area contributed by atoms with Crippen LogP contribution in [0.25, 0.3) is 0 Å². The fraction of sp³-hybridized carbons (Fsp3) is 0.611. The highest BCUT2D eigenvalue weighted by Crippen LogP contribution is 2.58. The summed E-state index contributed by atoms with van der Waals surface area (Å²) in [6.45, 7) is 3.09. The van der Waals surface area contributed by atoms with Crippen LogP contribution in [0.5, 0.6) is 0 Å². The second-order valence-corrected chi connectivity index (χ2v) is 7.25. The fourth-order valence-electron chi connectivity index (χ4n) is 3.71. The van der Waals surface area contributed by atoms with Crippen molar-refractivity contribution in [2.75, 3.05) is 27.2 Å². The zero-order chi connectivity index (χ0) is 16.4. The van der Waals surface area contributed by atoms with Crippen molar-refractivity contribution in [2.24, 2.45) is 11.3 Å². The van der Waals surface area contributed by atoms with Gasteiger partial charge in [0.25, 0.3) is 0 Å². The largest absolute Gasteiger partial charge is 0.352 e. The highest BCUT2D eigenvalue weighted by Gasteiger charge is 2.57. The molecule has 2 N–H and O–H groups in total. The topological polar surface area (TPSA) is 44.4 Å². The van der Waals surface area contributed by atoms with Gasteiger partial charge in [-0.15, -0.1) is 0 Å². The van der Waals surface area contributed by atoms with E-state index in [4.69, 9.17) is 0 Å². The van der Waals surface area contributed by atoms with Gasteiger partial charge in [0.15, 0.2) is 0 Å². The van der Waals surface area contributed by atoms with E-state index in [1.54, 1.807) is 6.07 Å². The molecular weight excluding hydrogens is 293 g/mol. The van der Waals surface area contributed by atoms with Gasteiger partial charge < -0.3 is 15.5 Å². The van der Waals surface area contributed by atoms with Crippen molar-refractivity contribution in [3.8, 4) is 0 Å². The van der Waals surface area contributed by atoms with Crippen molar-refractivity contribution >= 4 is 5.91 Å². The lowest BCUT2D eigenvalue weighted by molar-refractivity contribution is -0.123. The molecule has 1 saturated heterocycles. The predicted octanol–water partition coefficient (Wildman–Crippen LogP) is 1.89. The third-order valence-electron chi connectivity index (χ3n) is 5.17. The van der Waals surface area contributed by atoms with Crippen LogP contribution >= 0.6 is 0 Å². The summed E-state index contributed by atoms with van der Waals surface area (Å²) in [5.41, 5.74) is 1.88. The van der Waals surface area contributed by atoms with Crippen molar-refractivity contribution in [3.05, 3.63) is 35.1 Å². The minimum absolute atomic E-state index is 0.158. The van der Waals surface area contributed by atoms with E-state index in [0.29, 0.717) is 18.7 Å². The van der Waals surface area contributed by atoms with Gasteiger partial charge >= 0.3 is 0 Å². The zero-order valence-electron chi connectivity index (χ0n) is 14.0. The Bertz CT molecular complexity index is 582. The van der Waals surface area contributed by atoms with Crippen molar-refractivity contribution in [3.63, 3.8) is 0 Å². The van der Waals surface area contributed by atoms with E-state index in [1.807, 2.05) is 25.1 Å². The van der Waals surface area contributed by atoms with Crippen LogP contribution in [0.2, 0.25) is 0 Å². The first kappa shape index (κ1) is 16.4. The molecule has 1 aliphatic carbocycles. The van der Waals surface area contributed by atoms with Crippen LogP contribution in [-0.4, -0.2) is 38.0 Å². The van der Waals surface area contributed by atoms with Crippen LogP contribution in [0, 0.1) is 17.2 Å². The lowest BCUT2D eigenvalue weighted by Gasteiger charge is -2.23. The molecule has 3 rings (SSSR count). The van der Waals surface area contributed by atoms with E-state index in [0.717, 1.165) is 37.9 Å². The van der Waals surface area contributed by atoms with Gasteiger partial charge in [-0.1, -0.05) is 6.07 Å². The molecule has 1 spiro atoms. The first-order valence-electron chi connectivity index (χ1n) is 8.41. The van der Waals surface area contributed by atoms with Gasteiger partial charge in [0.1, 0.15) is 5.82 Å². The molecular formula is C18H26FN3O. The number of nitrogens with zero attached hydrogens (tertiary/aromatic N) is 1. The number of carbonyl (C=O) groups excluding carboxylic acids is 1. The van der Waals surface area contributed by atoms with Crippen molar-refractivity contribution in [1.82, 2.24) is 15.5 Å². The molecule has 1 unspecified atom stereocenters. The molecule has 1 heterocycles. The molecule has 2 aliphatic rings. The van der Waals surface area contributed by atoms with Crippen LogP contribution in [0.4, 0.5) is 4.39 Å². The number of carbonyl (C=O) groups is 1. The third kappa shape index (κ3) is 3.72. The van der Waals surface area contributed by atoms with Gasteiger partial charge in [0.2, 0.25) is 5.91 Å². The summed E-state index contributed by atoms with van der Waals surface area (Å²) in [6, 6.07) is 5.09. The molecule has 126 valence electrons. The van der Waals surface area contributed by atoms with E-state index in [1.165, 1.54) is 6.07 Å². The van der Waals surface area contributed by atoms with Crippen LogP contribution in [0.3, 0.4) is 0 Å². The molecule has 1 aromatic carbocycles. The summed E-state index contributed by atoms with van der Waals surface area (Å²) in [5, 5.41) is 6.39. The number of hydrogen-bond acceptors (Lipinski definition) is 3. The Kier molecular flexibility index (Phi) is 4.69. The van der Waals surface area contributed by atoms with E-state index in [9.17, 15) is 9.18 Å². The minimum Gasteiger partial charge on any atom is -0.352 e. The molecule has 4 nitrogen and oxygen atoms in total. The average Bonchev–Trinajstić information content (AvgIpc) is 3.21. The number of rotatable bonds is 5. The number of piperidine rings is 1. The summed E-state index contributed by atoms with van der Waals surface area (Å²) in [5.74, 6) is 0.140. The van der Waals surface area contributed by atoms with Crippen molar-refractivity contribution < 1.29 is 9.18 Å². The SMILES string of the molecule is CN(C)Cc1cc(CNC(=O)C2CC23CCNCC3)ccc1F. The highest BCUT2D eigenvalue weighted by atomic mass is 19.1. The molecule has 5 heteroatoms. The normalized spacial score (nSPS) is 22.3. The fourth-order valence-corrected chi connectivity index (χ4v) is 3.71. The molecule has 1 aromatic rings. The third-order valence-corrected chi connectivity index (χ3v) is 5.17. The molecule has 23 heavy (non-hydrogen) atoms. The molecule has 1 aliphatic heterocycles. The van der Waals surface area contributed by atoms with Gasteiger partial charge in [-0.25, -0.2) is 4.39 Å². The number of halogens is 1. The second kappa shape index (κ2) is 6.57. The van der Waals surface area contributed by atoms with Gasteiger partial charge in [-0.2, -0.15) is 0 Å². The summed E-state index contributed by atoms with van der Waals surface area (Å²) >= 11 is 0. The maximum Gasteiger partial charge on any atom is 0.223 e. The minimum atomic E-state index is -0.190. The first-order valence-corrected chi connectivity index (χ1v) is 8.41. The predicted molar refractivity (Wildman–Crippen MR) is 88.3 cm³/mol. The first-order chi connectivity index (χ1) is 11.0. The van der Waals surface area contributed by atoms with Crippen LogP contribution in [0.15, 0.2) is 18.2 Å². The summed E-state index contributed by atoms with van der Waals surface area (Å²) in [7, 11) is 3.83. The highest BCUT2D eigenvalue weighted by molar-refractivity contribution is 5.82. The quantitative estimate of drug-likeness (QED) is 0.871. The smallest absolute Gasteiger partial charge is 0.223 e. The molecule has 1 atom stereocenters. The van der Waals surface area contributed by atoms with Crippen LogP contribution < -0.4 is 10.6 Å². The summed E-state index contributed by atoms with van der Waals surface area (Å²) in [6.07, 6.45) is 3.24.